The normalized spacial score (nSPS) is 11.8. The number of hydrogen-bond donors (Lipinski definition) is 0. The third-order valence-corrected chi connectivity index (χ3v) is 2.36. The van der Waals surface area contributed by atoms with Gasteiger partial charge in [0.05, 0.1) is 21.3 Å². The minimum Gasteiger partial charge on any atom is -0.493 e. The molecule has 0 saturated carbocycles. The third kappa shape index (κ3) is 2.27. The van der Waals surface area contributed by atoms with Gasteiger partial charge in [0.1, 0.15) is 0 Å². The monoisotopic (exact) mass is 223 g/mol. The van der Waals surface area contributed by atoms with Crippen LogP contribution in [0.15, 0.2) is 12.1 Å². The molecule has 0 heterocycles. The SMILES string of the molecule is COc1cc(C(C)[C]=O)cc(OC)c1OC. The summed E-state index contributed by atoms with van der Waals surface area (Å²) in [5.74, 6) is 1.28. The first-order valence-electron chi connectivity index (χ1n) is 4.85. The minimum atomic E-state index is -0.325. The van der Waals surface area contributed by atoms with Crippen LogP contribution in [0.3, 0.4) is 0 Å². The van der Waals surface area contributed by atoms with Gasteiger partial charge in [0.2, 0.25) is 12.0 Å². The van der Waals surface area contributed by atoms with Gasteiger partial charge in [0.25, 0.3) is 0 Å². The molecule has 1 aromatic rings. The van der Waals surface area contributed by atoms with Gasteiger partial charge in [-0.3, -0.25) is 4.79 Å². The van der Waals surface area contributed by atoms with E-state index in [9.17, 15) is 4.79 Å². The van der Waals surface area contributed by atoms with Crippen LogP contribution in [-0.4, -0.2) is 27.6 Å². The van der Waals surface area contributed by atoms with Crippen LogP contribution in [0.4, 0.5) is 0 Å². The molecule has 4 nitrogen and oxygen atoms in total. The first-order chi connectivity index (χ1) is 7.67. The maximum atomic E-state index is 10.6. The van der Waals surface area contributed by atoms with Crippen molar-refractivity contribution in [2.24, 2.45) is 0 Å². The van der Waals surface area contributed by atoms with Crippen molar-refractivity contribution in [1.82, 2.24) is 0 Å². The molecule has 87 valence electrons. The average molecular weight is 223 g/mol. The Kier molecular flexibility index (Phi) is 4.17. The number of ether oxygens (including phenoxy) is 3. The Labute approximate surface area is 95.1 Å². The second kappa shape index (κ2) is 5.39. The van der Waals surface area contributed by atoms with Crippen molar-refractivity contribution in [2.45, 2.75) is 12.8 Å². The van der Waals surface area contributed by atoms with E-state index in [4.69, 9.17) is 14.2 Å². The molecule has 0 saturated heterocycles. The van der Waals surface area contributed by atoms with Crippen molar-refractivity contribution >= 4 is 6.29 Å². The molecule has 16 heavy (non-hydrogen) atoms. The van der Waals surface area contributed by atoms with Crippen LogP contribution >= 0.6 is 0 Å². The number of rotatable bonds is 5. The molecule has 0 aliphatic rings. The van der Waals surface area contributed by atoms with Gasteiger partial charge in [-0.25, -0.2) is 0 Å². The second-order valence-corrected chi connectivity index (χ2v) is 3.30. The minimum absolute atomic E-state index is 0.325. The molecule has 0 fully saturated rings. The molecular formula is C12H15O4. The van der Waals surface area contributed by atoms with Crippen LogP contribution in [0.25, 0.3) is 0 Å². The third-order valence-electron chi connectivity index (χ3n) is 2.36. The van der Waals surface area contributed by atoms with Crippen LogP contribution in [-0.2, 0) is 4.79 Å². The smallest absolute Gasteiger partial charge is 0.206 e. The van der Waals surface area contributed by atoms with Crippen molar-refractivity contribution in [3.63, 3.8) is 0 Å². The van der Waals surface area contributed by atoms with E-state index in [1.807, 2.05) is 6.29 Å². The van der Waals surface area contributed by atoms with Crippen LogP contribution in [0.5, 0.6) is 17.2 Å². The van der Waals surface area contributed by atoms with Crippen LogP contribution in [0, 0.1) is 0 Å². The molecule has 1 radical (unpaired) electrons. The van der Waals surface area contributed by atoms with E-state index in [2.05, 4.69) is 0 Å². The Morgan fingerprint density at radius 3 is 1.88 bits per heavy atom. The summed E-state index contributed by atoms with van der Waals surface area (Å²) in [5, 5.41) is 0. The van der Waals surface area contributed by atoms with E-state index in [1.54, 1.807) is 19.1 Å². The van der Waals surface area contributed by atoms with E-state index in [0.717, 1.165) is 5.56 Å². The van der Waals surface area contributed by atoms with Gasteiger partial charge < -0.3 is 14.2 Å². The highest BCUT2D eigenvalue weighted by Crippen LogP contribution is 2.39. The average Bonchev–Trinajstić information content (AvgIpc) is 2.35. The fourth-order valence-electron chi connectivity index (χ4n) is 1.42. The Balaban J connectivity index is 3.30. The Hall–Kier alpha value is -1.71. The van der Waals surface area contributed by atoms with E-state index in [0.29, 0.717) is 17.2 Å². The lowest BCUT2D eigenvalue weighted by Gasteiger charge is -2.14. The molecule has 1 rings (SSSR count). The molecule has 0 bridgehead atoms. The van der Waals surface area contributed by atoms with Crippen LogP contribution in [0.2, 0.25) is 0 Å². The Morgan fingerprint density at radius 1 is 1.06 bits per heavy atom. The molecule has 0 amide bonds. The van der Waals surface area contributed by atoms with Crippen LogP contribution in [0.1, 0.15) is 18.4 Å². The topological polar surface area (TPSA) is 44.8 Å². The predicted octanol–water partition coefficient (Wildman–Crippen LogP) is 1.93. The number of carbonyl (C=O) groups excluding carboxylic acids is 1. The second-order valence-electron chi connectivity index (χ2n) is 3.30. The summed E-state index contributed by atoms with van der Waals surface area (Å²) in [4.78, 5) is 10.6. The molecular weight excluding hydrogens is 208 g/mol. The quantitative estimate of drug-likeness (QED) is 0.765. The first kappa shape index (κ1) is 12.4. The highest BCUT2D eigenvalue weighted by Gasteiger charge is 2.16. The summed E-state index contributed by atoms with van der Waals surface area (Å²) in [6, 6.07) is 3.49. The van der Waals surface area contributed by atoms with E-state index < -0.39 is 0 Å². The summed E-state index contributed by atoms with van der Waals surface area (Å²) in [6.07, 6.45) is 1.92. The fraction of sp³-hybridized carbons (Fsp3) is 0.417. The maximum absolute atomic E-state index is 10.6. The number of methoxy groups -OCH3 is 3. The summed E-state index contributed by atoms with van der Waals surface area (Å²) in [5.41, 5.74) is 0.782. The zero-order valence-corrected chi connectivity index (χ0v) is 9.87. The van der Waals surface area contributed by atoms with Gasteiger partial charge in [-0.15, -0.1) is 0 Å². The van der Waals surface area contributed by atoms with Gasteiger partial charge in [-0.05, 0) is 17.7 Å². The molecule has 0 spiro atoms. The van der Waals surface area contributed by atoms with Crippen molar-refractivity contribution in [2.75, 3.05) is 21.3 Å². The highest BCUT2D eigenvalue weighted by molar-refractivity contribution is 5.65. The van der Waals surface area contributed by atoms with Crippen molar-refractivity contribution in [3.8, 4) is 17.2 Å². The molecule has 0 aromatic heterocycles. The van der Waals surface area contributed by atoms with Gasteiger partial charge in [0, 0.05) is 5.92 Å². The Morgan fingerprint density at radius 2 is 1.56 bits per heavy atom. The molecule has 1 unspecified atom stereocenters. The summed E-state index contributed by atoms with van der Waals surface area (Å²) >= 11 is 0. The number of hydrogen-bond acceptors (Lipinski definition) is 4. The molecule has 0 aliphatic heterocycles. The summed E-state index contributed by atoms with van der Waals surface area (Å²) < 4.78 is 15.5. The fourth-order valence-corrected chi connectivity index (χ4v) is 1.42. The predicted molar refractivity (Wildman–Crippen MR) is 60.2 cm³/mol. The maximum Gasteiger partial charge on any atom is 0.206 e. The van der Waals surface area contributed by atoms with Gasteiger partial charge in [0.15, 0.2) is 11.5 Å². The lowest BCUT2D eigenvalue weighted by molar-refractivity contribution is 0.323. The molecule has 0 N–H and O–H groups in total. The van der Waals surface area contributed by atoms with E-state index in [-0.39, 0.29) is 5.92 Å². The molecule has 0 aliphatic carbocycles. The van der Waals surface area contributed by atoms with Crippen molar-refractivity contribution in [1.29, 1.82) is 0 Å². The molecule has 4 heteroatoms. The zero-order valence-electron chi connectivity index (χ0n) is 9.87. The van der Waals surface area contributed by atoms with Gasteiger partial charge in [-0.2, -0.15) is 0 Å². The standard InChI is InChI=1S/C12H15O4/c1-8(7-13)9-5-10(14-2)12(16-4)11(6-9)15-3/h5-6,8H,1-4H3. The zero-order chi connectivity index (χ0) is 12.1. The van der Waals surface area contributed by atoms with Crippen molar-refractivity contribution in [3.05, 3.63) is 17.7 Å². The number of benzene rings is 1. The Bertz CT molecular complexity index is 348. The van der Waals surface area contributed by atoms with E-state index in [1.165, 1.54) is 21.3 Å². The first-order valence-corrected chi connectivity index (χ1v) is 4.85. The summed E-state index contributed by atoms with van der Waals surface area (Å²) in [7, 11) is 4.61. The lowest BCUT2D eigenvalue weighted by atomic mass is 10.0. The van der Waals surface area contributed by atoms with Gasteiger partial charge in [-0.1, -0.05) is 6.92 Å². The largest absolute Gasteiger partial charge is 0.493 e. The van der Waals surface area contributed by atoms with Crippen molar-refractivity contribution < 1.29 is 19.0 Å². The van der Waals surface area contributed by atoms with Crippen LogP contribution < -0.4 is 14.2 Å². The highest BCUT2D eigenvalue weighted by atomic mass is 16.5. The molecule has 1 atom stereocenters. The summed E-state index contributed by atoms with van der Waals surface area (Å²) in [6.45, 7) is 1.76. The van der Waals surface area contributed by atoms with Gasteiger partial charge >= 0.3 is 0 Å². The lowest BCUT2D eigenvalue weighted by Crippen LogP contribution is -2.00. The molecule has 1 aromatic carbocycles. The van der Waals surface area contributed by atoms with E-state index >= 15 is 0 Å².